The SMILES string of the molecule is N#C/C(=C\c1cn(-c2ccccc2)nc1-c1ccc2c(c1)OCCO2)c1ccccn1. The van der Waals surface area contributed by atoms with Gasteiger partial charge in [-0.1, -0.05) is 24.3 Å². The number of fused-ring (bicyclic) bond motifs is 1. The molecule has 150 valence electrons. The Morgan fingerprint density at radius 2 is 1.77 bits per heavy atom. The quantitative estimate of drug-likeness (QED) is 0.457. The second-order valence-corrected chi connectivity index (χ2v) is 6.96. The molecule has 0 spiro atoms. The van der Waals surface area contributed by atoms with Gasteiger partial charge in [0.1, 0.15) is 25.0 Å². The summed E-state index contributed by atoms with van der Waals surface area (Å²) in [7, 11) is 0. The molecule has 0 aliphatic carbocycles. The lowest BCUT2D eigenvalue weighted by atomic mass is 10.0. The van der Waals surface area contributed by atoms with Crippen LogP contribution in [-0.4, -0.2) is 28.0 Å². The molecule has 0 atom stereocenters. The van der Waals surface area contributed by atoms with Crippen LogP contribution >= 0.6 is 0 Å². The predicted molar refractivity (Wildman–Crippen MR) is 118 cm³/mol. The van der Waals surface area contributed by atoms with E-state index in [0.717, 1.165) is 28.3 Å². The third kappa shape index (κ3) is 3.77. The molecule has 1 aliphatic rings. The van der Waals surface area contributed by atoms with Crippen LogP contribution in [0.1, 0.15) is 11.3 Å². The van der Waals surface area contributed by atoms with Crippen LogP contribution in [-0.2, 0) is 0 Å². The molecule has 1 aliphatic heterocycles. The fourth-order valence-electron chi connectivity index (χ4n) is 3.46. The van der Waals surface area contributed by atoms with Crippen LogP contribution in [0.3, 0.4) is 0 Å². The van der Waals surface area contributed by atoms with Gasteiger partial charge >= 0.3 is 0 Å². The van der Waals surface area contributed by atoms with Crippen molar-refractivity contribution in [3.05, 3.63) is 90.4 Å². The van der Waals surface area contributed by atoms with Gasteiger partial charge in [0.2, 0.25) is 0 Å². The highest BCUT2D eigenvalue weighted by molar-refractivity contribution is 5.91. The van der Waals surface area contributed by atoms with Crippen molar-refractivity contribution in [3.63, 3.8) is 0 Å². The molecular weight excluding hydrogens is 388 g/mol. The van der Waals surface area contributed by atoms with Crippen molar-refractivity contribution in [2.24, 2.45) is 0 Å². The molecule has 0 N–H and O–H groups in total. The highest BCUT2D eigenvalue weighted by Gasteiger charge is 2.17. The van der Waals surface area contributed by atoms with Crippen molar-refractivity contribution in [2.75, 3.05) is 13.2 Å². The minimum atomic E-state index is 0.465. The van der Waals surface area contributed by atoms with Crippen LogP contribution in [0.15, 0.2) is 79.1 Å². The molecule has 0 saturated carbocycles. The summed E-state index contributed by atoms with van der Waals surface area (Å²) in [5.41, 5.74) is 4.44. The van der Waals surface area contributed by atoms with Gasteiger partial charge in [-0.05, 0) is 48.5 Å². The van der Waals surface area contributed by atoms with E-state index in [-0.39, 0.29) is 0 Å². The normalized spacial score (nSPS) is 12.9. The number of aromatic nitrogens is 3. The third-order valence-electron chi connectivity index (χ3n) is 4.94. The molecule has 0 fully saturated rings. The fourth-order valence-corrected chi connectivity index (χ4v) is 3.46. The van der Waals surface area contributed by atoms with Gasteiger partial charge in [0.05, 0.1) is 17.0 Å². The predicted octanol–water partition coefficient (Wildman–Crippen LogP) is 4.77. The summed E-state index contributed by atoms with van der Waals surface area (Å²) in [4.78, 5) is 4.32. The Labute approximate surface area is 179 Å². The molecular formula is C25H18N4O2. The molecule has 5 rings (SSSR count). The van der Waals surface area contributed by atoms with Gasteiger partial charge in [-0.25, -0.2) is 4.68 Å². The van der Waals surface area contributed by atoms with E-state index >= 15 is 0 Å². The molecule has 0 unspecified atom stereocenters. The van der Waals surface area contributed by atoms with Crippen LogP contribution in [0, 0.1) is 11.3 Å². The number of hydrogen-bond donors (Lipinski definition) is 0. The highest BCUT2D eigenvalue weighted by Crippen LogP contribution is 2.36. The summed E-state index contributed by atoms with van der Waals surface area (Å²) in [5, 5.41) is 14.6. The summed E-state index contributed by atoms with van der Waals surface area (Å²) >= 11 is 0. The maximum Gasteiger partial charge on any atom is 0.162 e. The Morgan fingerprint density at radius 1 is 0.968 bits per heavy atom. The molecule has 2 aromatic carbocycles. The standard InChI is InChI=1S/C25H18N4O2/c26-16-19(22-8-4-5-11-27-22)14-20-17-29(21-6-2-1-3-7-21)28-25(20)18-9-10-23-24(15-18)31-13-12-30-23/h1-11,14-15,17H,12-13H2/b19-14+. The molecule has 4 aromatic rings. The van der Waals surface area contributed by atoms with Crippen LogP contribution < -0.4 is 9.47 Å². The summed E-state index contributed by atoms with van der Waals surface area (Å²) in [6.45, 7) is 1.05. The van der Waals surface area contributed by atoms with Crippen LogP contribution in [0.2, 0.25) is 0 Å². The highest BCUT2D eigenvalue weighted by atomic mass is 16.6. The number of pyridine rings is 1. The van der Waals surface area contributed by atoms with Crippen molar-refractivity contribution >= 4 is 11.6 Å². The summed E-state index contributed by atoms with van der Waals surface area (Å²) in [5.74, 6) is 1.42. The zero-order valence-corrected chi connectivity index (χ0v) is 16.6. The van der Waals surface area contributed by atoms with Crippen LogP contribution in [0.5, 0.6) is 11.5 Å². The van der Waals surface area contributed by atoms with Gasteiger partial charge < -0.3 is 9.47 Å². The summed E-state index contributed by atoms with van der Waals surface area (Å²) in [6.07, 6.45) is 5.41. The zero-order valence-electron chi connectivity index (χ0n) is 16.6. The van der Waals surface area contributed by atoms with Gasteiger partial charge in [-0.15, -0.1) is 0 Å². The van der Waals surface area contributed by atoms with Crippen molar-refractivity contribution in [1.82, 2.24) is 14.8 Å². The first kappa shape index (κ1) is 18.6. The first-order valence-electron chi connectivity index (χ1n) is 9.90. The topological polar surface area (TPSA) is 73.0 Å². The van der Waals surface area contributed by atoms with E-state index in [1.54, 1.807) is 6.20 Å². The van der Waals surface area contributed by atoms with Crippen molar-refractivity contribution in [2.45, 2.75) is 0 Å². The van der Waals surface area contributed by atoms with Gasteiger partial charge in [-0.2, -0.15) is 10.4 Å². The number of hydrogen-bond acceptors (Lipinski definition) is 5. The monoisotopic (exact) mass is 406 g/mol. The Kier molecular flexibility index (Phi) is 4.91. The molecule has 6 nitrogen and oxygen atoms in total. The van der Waals surface area contributed by atoms with Crippen molar-refractivity contribution in [3.8, 4) is 34.5 Å². The molecule has 0 saturated heterocycles. The van der Waals surface area contributed by atoms with E-state index in [9.17, 15) is 5.26 Å². The number of nitrogens with zero attached hydrogens (tertiary/aromatic N) is 4. The fraction of sp³-hybridized carbons (Fsp3) is 0.0800. The molecule has 3 heterocycles. The first-order valence-corrected chi connectivity index (χ1v) is 9.90. The minimum absolute atomic E-state index is 0.465. The molecule has 31 heavy (non-hydrogen) atoms. The van der Waals surface area contributed by atoms with Gasteiger partial charge in [-0.3, -0.25) is 4.98 Å². The lowest BCUT2D eigenvalue weighted by molar-refractivity contribution is 0.171. The van der Waals surface area contributed by atoms with E-state index in [1.807, 2.05) is 83.7 Å². The number of benzene rings is 2. The lowest BCUT2D eigenvalue weighted by Crippen LogP contribution is -2.15. The number of allylic oxidation sites excluding steroid dienone is 1. The summed E-state index contributed by atoms with van der Waals surface area (Å²) < 4.78 is 13.2. The Hall–Kier alpha value is -4.37. The Morgan fingerprint density at radius 3 is 2.55 bits per heavy atom. The third-order valence-corrected chi connectivity index (χ3v) is 4.94. The average Bonchev–Trinajstić information content (AvgIpc) is 3.27. The van der Waals surface area contributed by atoms with Gasteiger partial charge in [0, 0.05) is 23.5 Å². The number of rotatable bonds is 4. The van der Waals surface area contributed by atoms with E-state index in [0.29, 0.717) is 30.2 Å². The molecule has 0 radical (unpaired) electrons. The van der Waals surface area contributed by atoms with Gasteiger partial charge in [0.25, 0.3) is 0 Å². The number of nitriles is 1. The lowest BCUT2D eigenvalue weighted by Gasteiger charge is -2.18. The Bertz CT molecular complexity index is 1290. The van der Waals surface area contributed by atoms with Gasteiger partial charge in [0.15, 0.2) is 11.5 Å². The van der Waals surface area contributed by atoms with Crippen molar-refractivity contribution in [1.29, 1.82) is 5.26 Å². The average molecular weight is 406 g/mol. The van der Waals surface area contributed by atoms with E-state index in [2.05, 4.69) is 11.1 Å². The first-order chi connectivity index (χ1) is 15.3. The molecule has 6 heteroatoms. The van der Waals surface area contributed by atoms with Crippen LogP contribution in [0.4, 0.5) is 0 Å². The van der Waals surface area contributed by atoms with Crippen LogP contribution in [0.25, 0.3) is 28.6 Å². The van der Waals surface area contributed by atoms with E-state index in [4.69, 9.17) is 14.6 Å². The smallest absolute Gasteiger partial charge is 0.162 e. The Balaban J connectivity index is 1.66. The van der Waals surface area contributed by atoms with Crippen molar-refractivity contribution < 1.29 is 9.47 Å². The molecule has 0 bridgehead atoms. The maximum atomic E-state index is 9.76. The minimum Gasteiger partial charge on any atom is -0.486 e. The number of para-hydroxylation sites is 1. The second kappa shape index (κ2) is 8.17. The zero-order chi connectivity index (χ0) is 21.0. The molecule has 2 aromatic heterocycles. The largest absolute Gasteiger partial charge is 0.486 e. The maximum absolute atomic E-state index is 9.76. The summed E-state index contributed by atoms with van der Waals surface area (Å²) in [6, 6.07) is 23.4. The molecule has 0 amide bonds. The van der Waals surface area contributed by atoms with E-state index in [1.165, 1.54) is 0 Å². The number of ether oxygens (including phenoxy) is 2. The van der Waals surface area contributed by atoms with E-state index < -0.39 is 0 Å². The second-order valence-electron chi connectivity index (χ2n) is 6.96.